The first-order valence-corrected chi connectivity index (χ1v) is 10.9. The normalized spacial score (nSPS) is 21.6. The smallest absolute Gasteiger partial charge is 0.416 e. The average molecular weight is 515 g/mol. The predicted octanol–water partition coefficient (Wildman–Crippen LogP) is 3.50. The molecule has 2 aliphatic heterocycles. The second-order valence-corrected chi connectivity index (χ2v) is 8.50. The van der Waals surface area contributed by atoms with Gasteiger partial charge in [0.25, 0.3) is 5.91 Å². The van der Waals surface area contributed by atoms with Gasteiger partial charge in [-0.15, -0.1) is 0 Å². The Bertz CT molecular complexity index is 1130. The molecule has 1 atom stereocenters. The van der Waals surface area contributed by atoms with Gasteiger partial charge >= 0.3 is 12.4 Å². The number of carbonyl (C=O) groups excluding carboxylic acids is 1. The average Bonchev–Trinajstić information content (AvgIpc) is 3.32. The molecule has 7 nitrogen and oxygen atoms in total. The van der Waals surface area contributed by atoms with Crippen LogP contribution in [0.1, 0.15) is 29.5 Å². The highest BCUT2D eigenvalue weighted by Gasteiger charge is 2.60. The Hall–Kier alpha value is -3.13. The zero-order valence-electron chi connectivity index (χ0n) is 18.9. The fourth-order valence-electron chi connectivity index (χ4n) is 4.15. The zero-order chi connectivity index (χ0) is 26.1. The van der Waals surface area contributed by atoms with Crippen molar-refractivity contribution in [2.45, 2.75) is 43.8 Å². The Kier molecular flexibility index (Phi) is 7.01. The fourth-order valence-corrected chi connectivity index (χ4v) is 4.15. The number of rotatable bonds is 6. The summed E-state index contributed by atoms with van der Waals surface area (Å²) in [4.78, 5) is 13.2. The lowest BCUT2D eigenvalue weighted by Gasteiger charge is -2.42. The number of alkyl halides is 6. The molecule has 13 heteroatoms. The van der Waals surface area contributed by atoms with Crippen molar-refractivity contribution in [2.24, 2.45) is 0 Å². The van der Waals surface area contributed by atoms with E-state index in [2.05, 4.69) is 27.2 Å². The van der Waals surface area contributed by atoms with Gasteiger partial charge in [-0.1, -0.05) is 42.0 Å². The third-order valence-electron chi connectivity index (χ3n) is 6.01. The van der Waals surface area contributed by atoms with E-state index >= 15 is 0 Å². The monoisotopic (exact) mass is 515 g/mol. The second kappa shape index (κ2) is 9.73. The number of halogens is 6. The highest BCUT2D eigenvalue weighted by atomic mass is 19.4. The topological polar surface area (TPSA) is 86.5 Å². The summed E-state index contributed by atoms with van der Waals surface area (Å²) in [7, 11) is 0. The lowest BCUT2D eigenvalue weighted by molar-refractivity contribution is -0.202. The summed E-state index contributed by atoms with van der Waals surface area (Å²) in [6.45, 7) is 1.16. The van der Waals surface area contributed by atoms with E-state index in [4.69, 9.17) is 4.74 Å². The van der Waals surface area contributed by atoms with Crippen molar-refractivity contribution in [3.8, 4) is 5.75 Å². The van der Waals surface area contributed by atoms with Gasteiger partial charge in [-0.25, -0.2) is 10.9 Å². The van der Waals surface area contributed by atoms with Crippen LogP contribution in [0.15, 0.2) is 54.1 Å². The van der Waals surface area contributed by atoms with Crippen molar-refractivity contribution < 1.29 is 35.9 Å². The Morgan fingerprint density at radius 1 is 0.944 bits per heavy atom. The second-order valence-electron chi connectivity index (χ2n) is 8.50. The number of hydrogen-bond donors (Lipinski definition) is 5. The van der Waals surface area contributed by atoms with E-state index in [1.54, 1.807) is 24.3 Å². The lowest BCUT2D eigenvalue weighted by Crippen LogP contribution is -2.60. The summed E-state index contributed by atoms with van der Waals surface area (Å²) in [6, 6.07) is 11.3. The van der Waals surface area contributed by atoms with Gasteiger partial charge in [0.15, 0.2) is 5.54 Å². The maximum absolute atomic E-state index is 14.7. The minimum Gasteiger partial charge on any atom is -0.493 e. The van der Waals surface area contributed by atoms with Crippen molar-refractivity contribution in [3.63, 3.8) is 0 Å². The van der Waals surface area contributed by atoms with Crippen molar-refractivity contribution in [1.29, 1.82) is 0 Å². The van der Waals surface area contributed by atoms with Gasteiger partial charge in [0, 0.05) is 6.42 Å². The molecule has 0 radical (unpaired) electrons. The molecule has 2 aromatic carbocycles. The summed E-state index contributed by atoms with van der Waals surface area (Å²) < 4.78 is 86.2. The Labute approximate surface area is 202 Å². The molecule has 4 rings (SSSR count). The van der Waals surface area contributed by atoms with Crippen LogP contribution in [-0.4, -0.2) is 31.0 Å². The van der Waals surface area contributed by atoms with Crippen LogP contribution in [0, 0.1) is 6.92 Å². The first-order valence-electron chi connectivity index (χ1n) is 10.9. The first-order chi connectivity index (χ1) is 16.9. The number of hydrogen-bond acceptors (Lipinski definition) is 6. The van der Waals surface area contributed by atoms with Crippen LogP contribution in [0.3, 0.4) is 0 Å². The van der Waals surface area contributed by atoms with Crippen LogP contribution in [0.25, 0.3) is 5.57 Å². The largest absolute Gasteiger partial charge is 0.493 e. The molecule has 1 unspecified atom stereocenters. The van der Waals surface area contributed by atoms with E-state index in [1.165, 1.54) is 0 Å². The standard InChI is InChI=1S/C23H23F6N5O2/c1-13-2-4-14(5-3-13)17-12-21(23(27,28)29,30-20(35)18(17)19-31-33-34-32-19)15-6-8-16(9-7-15)36-11-10-22(24,25)26/h2-9,19,31-34H,10-12H2,1H3,(H,30,35). The number of carbonyl (C=O) groups is 1. The maximum atomic E-state index is 14.7. The van der Waals surface area contributed by atoms with Crippen LogP contribution in [0.4, 0.5) is 26.3 Å². The molecule has 2 aliphatic rings. The zero-order valence-corrected chi connectivity index (χ0v) is 18.9. The summed E-state index contributed by atoms with van der Waals surface area (Å²) in [5.41, 5.74) is 9.12. The van der Waals surface area contributed by atoms with Crippen molar-refractivity contribution in [1.82, 2.24) is 27.2 Å². The first kappa shape index (κ1) is 25.9. The summed E-state index contributed by atoms with van der Waals surface area (Å²) in [6.07, 6.45) is -12.0. The van der Waals surface area contributed by atoms with Gasteiger partial charge in [-0.2, -0.15) is 37.4 Å². The summed E-state index contributed by atoms with van der Waals surface area (Å²) in [5.74, 6) is -0.955. The molecule has 36 heavy (non-hydrogen) atoms. The molecule has 2 heterocycles. The third-order valence-corrected chi connectivity index (χ3v) is 6.01. The van der Waals surface area contributed by atoms with Gasteiger partial charge in [-0.3, -0.25) is 4.79 Å². The lowest BCUT2D eigenvalue weighted by atomic mass is 9.76. The van der Waals surface area contributed by atoms with Crippen LogP contribution in [-0.2, 0) is 10.3 Å². The molecule has 1 saturated heterocycles. The Balaban J connectivity index is 1.73. The van der Waals surface area contributed by atoms with Crippen molar-refractivity contribution in [2.75, 3.05) is 6.61 Å². The quantitative estimate of drug-likeness (QED) is 0.379. The van der Waals surface area contributed by atoms with E-state index in [9.17, 15) is 31.1 Å². The van der Waals surface area contributed by atoms with E-state index in [0.717, 1.165) is 29.8 Å². The molecule has 1 fully saturated rings. The van der Waals surface area contributed by atoms with Crippen molar-refractivity contribution >= 4 is 11.5 Å². The highest BCUT2D eigenvalue weighted by Crippen LogP contribution is 2.49. The number of ether oxygens (including phenoxy) is 1. The van der Waals surface area contributed by atoms with Gasteiger partial charge in [-0.05, 0) is 35.8 Å². The SMILES string of the molecule is Cc1ccc(C2=C(C3NNNN3)C(=O)NC(c3ccc(OCCC(F)(F)F)cc3)(C(F)(F)F)C2)cc1. The van der Waals surface area contributed by atoms with E-state index in [1.807, 2.05) is 6.92 Å². The Morgan fingerprint density at radius 3 is 2.11 bits per heavy atom. The molecule has 5 N–H and O–H groups in total. The third kappa shape index (κ3) is 5.33. The highest BCUT2D eigenvalue weighted by molar-refractivity contribution is 6.05. The molecule has 2 aromatic rings. The molecule has 0 aliphatic carbocycles. The molecule has 1 amide bonds. The predicted molar refractivity (Wildman–Crippen MR) is 118 cm³/mol. The summed E-state index contributed by atoms with van der Waals surface area (Å²) >= 11 is 0. The molecular formula is C23H23F6N5O2. The van der Waals surface area contributed by atoms with Crippen LogP contribution >= 0.6 is 0 Å². The van der Waals surface area contributed by atoms with Gasteiger partial charge in [0.2, 0.25) is 0 Å². The van der Waals surface area contributed by atoms with Crippen LogP contribution < -0.4 is 32.0 Å². The van der Waals surface area contributed by atoms with E-state index < -0.39 is 49.4 Å². The maximum Gasteiger partial charge on any atom is 0.416 e. The van der Waals surface area contributed by atoms with Crippen LogP contribution in [0.5, 0.6) is 5.75 Å². The van der Waals surface area contributed by atoms with Gasteiger partial charge in [0.1, 0.15) is 11.9 Å². The van der Waals surface area contributed by atoms with E-state index in [-0.39, 0.29) is 22.5 Å². The van der Waals surface area contributed by atoms with Gasteiger partial charge in [0.05, 0.1) is 18.6 Å². The molecule has 0 aromatic heterocycles. The molecule has 0 spiro atoms. The number of aryl methyl sites for hydroxylation is 1. The molecule has 0 saturated carbocycles. The Morgan fingerprint density at radius 2 is 1.56 bits per heavy atom. The number of benzene rings is 2. The molecule has 0 bridgehead atoms. The fraction of sp³-hybridized carbons (Fsp3) is 0.348. The van der Waals surface area contributed by atoms with E-state index in [0.29, 0.717) is 5.56 Å². The van der Waals surface area contributed by atoms with Gasteiger partial charge < -0.3 is 10.1 Å². The minimum atomic E-state index is -4.91. The summed E-state index contributed by atoms with van der Waals surface area (Å²) in [5, 5.41) is 2.16. The molecule has 194 valence electrons. The number of amides is 1. The molecular weight excluding hydrogens is 492 g/mol. The van der Waals surface area contributed by atoms with Crippen molar-refractivity contribution in [3.05, 3.63) is 70.8 Å². The number of hydrazine groups is 3. The van der Waals surface area contributed by atoms with Crippen LogP contribution in [0.2, 0.25) is 0 Å². The number of nitrogens with one attached hydrogen (secondary N) is 5. The minimum absolute atomic E-state index is 0.0195.